The zero-order chi connectivity index (χ0) is 15.5. The molecule has 0 unspecified atom stereocenters. The molecule has 2 aromatic rings. The minimum atomic E-state index is -0.0728. The van der Waals surface area contributed by atoms with Crippen LogP contribution in [0.3, 0.4) is 0 Å². The third kappa shape index (κ3) is 2.92. The molecule has 1 N–H and O–H groups in total. The summed E-state index contributed by atoms with van der Waals surface area (Å²) in [6.45, 7) is 0.521. The molecule has 0 aromatic heterocycles. The highest BCUT2D eigenvalue weighted by Crippen LogP contribution is 2.33. The zero-order valence-corrected chi connectivity index (χ0v) is 13.5. The van der Waals surface area contributed by atoms with Crippen LogP contribution in [0.25, 0.3) is 16.8 Å². The van der Waals surface area contributed by atoms with E-state index in [0.29, 0.717) is 22.2 Å². The Morgan fingerprint density at radius 1 is 1.18 bits per heavy atom. The maximum Gasteiger partial charge on any atom is 0.266 e. The van der Waals surface area contributed by atoms with E-state index in [-0.39, 0.29) is 12.5 Å². The van der Waals surface area contributed by atoms with Gasteiger partial charge >= 0.3 is 0 Å². The van der Waals surface area contributed by atoms with Crippen LogP contribution in [0.1, 0.15) is 12.0 Å². The molecule has 3 nitrogen and oxygen atoms in total. The molecule has 0 radical (unpaired) electrons. The number of carbonyl (C=O) groups excluding carboxylic acids is 1. The fourth-order valence-electron chi connectivity index (χ4n) is 2.44. The predicted octanol–water partition coefficient (Wildman–Crippen LogP) is 3.42. The van der Waals surface area contributed by atoms with Gasteiger partial charge in [-0.25, -0.2) is 0 Å². The highest BCUT2D eigenvalue weighted by molar-refractivity contribution is 8.26. The van der Waals surface area contributed by atoms with Crippen molar-refractivity contribution in [2.75, 3.05) is 13.2 Å². The lowest BCUT2D eigenvalue weighted by molar-refractivity contribution is -0.122. The van der Waals surface area contributed by atoms with E-state index in [2.05, 4.69) is 12.1 Å². The second-order valence-electron chi connectivity index (χ2n) is 4.98. The average Bonchev–Trinajstić information content (AvgIpc) is 2.80. The van der Waals surface area contributed by atoms with Crippen LogP contribution < -0.4 is 0 Å². The van der Waals surface area contributed by atoms with Crippen LogP contribution in [-0.4, -0.2) is 33.4 Å². The summed E-state index contributed by atoms with van der Waals surface area (Å²) in [4.78, 5) is 14.6. The third-order valence-electron chi connectivity index (χ3n) is 3.52. The van der Waals surface area contributed by atoms with Gasteiger partial charge < -0.3 is 5.11 Å². The van der Waals surface area contributed by atoms with Crippen LogP contribution in [0, 0.1) is 0 Å². The standard InChI is InChI=1S/C17H15NO2S2/c19-10-4-9-18-16(20)15(22-17(18)21)11-13-7-3-6-12-5-1-2-8-14(12)13/h1-3,5-8,11,19H,4,9-10H2/b15-11-. The number of carbonyl (C=O) groups is 1. The molecule has 2 aromatic carbocycles. The Labute approximate surface area is 138 Å². The number of amides is 1. The van der Waals surface area contributed by atoms with Crippen molar-refractivity contribution in [2.24, 2.45) is 0 Å². The molecule has 0 aliphatic carbocycles. The van der Waals surface area contributed by atoms with E-state index < -0.39 is 0 Å². The molecule has 1 heterocycles. The first-order chi connectivity index (χ1) is 10.7. The average molecular weight is 329 g/mol. The fourth-order valence-corrected chi connectivity index (χ4v) is 3.74. The van der Waals surface area contributed by atoms with Crippen molar-refractivity contribution in [1.82, 2.24) is 4.90 Å². The molecule has 1 amide bonds. The van der Waals surface area contributed by atoms with Crippen molar-refractivity contribution in [3.63, 3.8) is 0 Å². The van der Waals surface area contributed by atoms with Crippen molar-refractivity contribution in [3.8, 4) is 0 Å². The number of rotatable bonds is 4. The van der Waals surface area contributed by atoms with E-state index in [1.807, 2.05) is 36.4 Å². The minimum Gasteiger partial charge on any atom is -0.396 e. The topological polar surface area (TPSA) is 40.5 Å². The Kier molecular flexibility index (Phi) is 4.57. The Bertz CT molecular complexity index is 765. The van der Waals surface area contributed by atoms with E-state index in [9.17, 15) is 4.79 Å². The fraction of sp³-hybridized carbons (Fsp3) is 0.176. The molecule has 0 atom stereocenters. The van der Waals surface area contributed by atoms with E-state index >= 15 is 0 Å². The van der Waals surface area contributed by atoms with E-state index in [4.69, 9.17) is 17.3 Å². The number of hydrogen-bond donors (Lipinski definition) is 1. The molecule has 1 saturated heterocycles. The lowest BCUT2D eigenvalue weighted by atomic mass is 10.0. The van der Waals surface area contributed by atoms with Gasteiger partial charge in [0, 0.05) is 13.2 Å². The molecule has 0 saturated carbocycles. The Hall–Kier alpha value is -1.69. The summed E-state index contributed by atoms with van der Waals surface area (Å²) in [5.74, 6) is -0.0728. The molecule has 1 fully saturated rings. The number of hydrogen-bond acceptors (Lipinski definition) is 4. The van der Waals surface area contributed by atoms with Crippen LogP contribution in [0.15, 0.2) is 47.4 Å². The largest absolute Gasteiger partial charge is 0.396 e. The number of thioether (sulfide) groups is 1. The van der Waals surface area contributed by atoms with Crippen LogP contribution >= 0.6 is 24.0 Å². The number of aliphatic hydroxyl groups excluding tert-OH is 1. The molecule has 22 heavy (non-hydrogen) atoms. The summed E-state index contributed by atoms with van der Waals surface area (Å²) in [6.07, 6.45) is 2.44. The second-order valence-corrected chi connectivity index (χ2v) is 6.65. The van der Waals surface area contributed by atoms with Crippen molar-refractivity contribution >= 4 is 51.1 Å². The van der Waals surface area contributed by atoms with Gasteiger partial charge in [-0.1, -0.05) is 66.4 Å². The van der Waals surface area contributed by atoms with E-state index in [1.165, 1.54) is 11.8 Å². The number of nitrogens with zero attached hydrogens (tertiary/aromatic N) is 1. The Balaban J connectivity index is 1.95. The minimum absolute atomic E-state index is 0.0550. The van der Waals surface area contributed by atoms with Crippen molar-refractivity contribution < 1.29 is 9.90 Å². The monoisotopic (exact) mass is 329 g/mol. The second kappa shape index (κ2) is 6.60. The molecule has 0 bridgehead atoms. The highest BCUT2D eigenvalue weighted by Gasteiger charge is 2.31. The molecule has 1 aliphatic rings. The first kappa shape index (κ1) is 15.2. The van der Waals surface area contributed by atoms with Crippen molar-refractivity contribution in [1.29, 1.82) is 0 Å². The quantitative estimate of drug-likeness (QED) is 0.689. The van der Waals surface area contributed by atoms with Gasteiger partial charge in [-0.2, -0.15) is 0 Å². The van der Waals surface area contributed by atoms with Crippen LogP contribution in [-0.2, 0) is 4.79 Å². The maximum absolute atomic E-state index is 12.4. The van der Waals surface area contributed by atoms with Gasteiger partial charge in [-0.05, 0) is 28.8 Å². The van der Waals surface area contributed by atoms with E-state index in [1.54, 1.807) is 4.90 Å². The van der Waals surface area contributed by atoms with Gasteiger partial charge in [0.25, 0.3) is 5.91 Å². The van der Waals surface area contributed by atoms with Gasteiger partial charge in [0.15, 0.2) is 0 Å². The lowest BCUT2D eigenvalue weighted by Gasteiger charge is -2.12. The molecule has 112 valence electrons. The first-order valence-electron chi connectivity index (χ1n) is 7.04. The van der Waals surface area contributed by atoms with E-state index in [0.717, 1.165) is 16.3 Å². The predicted molar refractivity (Wildman–Crippen MR) is 95.5 cm³/mol. The molecule has 5 heteroatoms. The van der Waals surface area contributed by atoms with Crippen LogP contribution in [0.5, 0.6) is 0 Å². The zero-order valence-electron chi connectivity index (χ0n) is 11.9. The van der Waals surface area contributed by atoms with Crippen molar-refractivity contribution in [3.05, 3.63) is 52.9 Å². The normalized spacial score (nSPS) is 17.0. The van der Waals surface area contributed by atoms with Crippen LogP contribution in [0.2, 0.25) is 0 Å². The molecule has 1 aliphatic heterocycles. The summed E-state index contributed by atoms with van der Waals surface area (Å²) in [5.41, 5.74) is 1.01. The van der Waals surface area contributed by atoms with Crippen LogP contribution in [0.4, 0.5) is 0 Å². The molecular formula is C17H15NO2S2. The number of fused-ring (bicyclic) bond motifs is 1. The van der Waals surface area contributed by atoms with Gasteiger partial charge in [-0.15, -0.1) is 0 Å². The number of benzene rings is 2. The molecule has 3 rings (SSSR count). The molecular weight excluding hydrogens is 314 g/mol. The number of thiocarbonyl (C=S) groups is 1. The SMILES string of the molecule is O=C1/C(=C/c2cccc3ccccc23)SC(=S)N1CCCO. The third-order valence-corrected chi connectivity index (χ3v) is 4.90. The lowest BCUT2D eigenvalue weighted by Crippen LogP contribution is -2.29. The summed E-state index contributed by atoms with van der Waals surface area (Å²) in [6, 6.07) is 14.1. The summed E-state index contributed by atoms with van der Waals surface area (Å²) in [5, 5.41) is 11.2. The Morgan fingerprint density at radius 3 is 2.77 bits per heavy atom. The first-order valence-corrected chi connectivity index (χ1v) is 8.27. The van der Waals surface area contributed by atoms with Gasteiger partial charge in [-0.3, -0.25) is 9.69 Å². The summed E-state index contributed by atoms with van der Waals surface area (Å²) in [7, 11) is 0. The maximum atomic E-state index is 12.4. The summed E-state index contributed by atoms with van der Waals surface area (Å²) >= 11 is 6.59. The van der Waals surface area contributed by atoms with Crippen molar-refractivity contribution in [2.45, 2.75) is 6.42 Å². The van der Waals surface area contributed by atoms with Gasteiger partial charge in [0.1, 0.15) is 4.32 Å². The van der Waals surface area contributed by atoms with Gasteiger partial charge in [0.05, 0.1) is 4.91 Å². The van der Waals surface area contributed by atoms with Gasteiger partial charge in [0.2, 0.25) is 0 Å². The smallest absolute Gasteiger partial charge is 0.266 e. The molecule has 0 spiro atoms. The highest BCUT2D eigenvalue weighted by atomic mass is 32.2. The Morgan fingerprint density at radius 2 is 1.95 bits per heavy atom. The summed E-state index contributed by atoms with van der Waals surface area (Å²) < 4.78 is 0.560. The number of aliphatic hydroxyl groups is 1.